The molecular weight excluding hydrogens is 205 g/mol. The number of hydrogen-bond acceptors (Lipinski definition) is 2. The quantitative estimate of drug-likeness (QED) is 0.691. The molecule has 0 amide bonds. The molecule has 0 saturated carbocycles. The van der Waals surface area contributed by atoms with Crippen molar-refractivity contribution in [2.45, 2.75) is 19.8 Å². The summed E-state index contributed by atoms with van der Waals surface area (Å²) in [4.78, 5) is 13.8. The van der Waals surface area contributed by atoms with E-state index in [9.17, 15) is 9.18 Å². The van der Waals surface area contributed by atoms with Gasteiger partial charge in [0.15, 0.2) is 5.78 Å². The average molecular weight is 223 g/mol. The van der Waals surface area contributed by atoms with Crippen molar-refractivity contribution in [2.24, 2.45) is 0 Å². The lowest BCUT2D eigenvalue weighted by Gasteiger charge is -2.14. The lowest BCUT2D eigenvalue weighted by atomic mass is 10.1. The third kappa shape index (κ3) is 4.11. The molecule has 0 bridgehead atoms. The summed E-state index contributed by atoms with van der Waals surface area (Å²) in [5, 5.41) is 0. The number of halogens is 1. The van der Waals surface area contributed by atoms with Crippen LogP contribution in [0.5, 0.6) is 0 Å². The number of rotatable bonds is 6. The molecule has 1 aromatic rings. The van der Waals surface area contributed by atoms with Crippen LogP contribution >= 0.6 is 0 Å². The van der Waals surface area contributed by atoms with Crippen molar-refractivity contribution in [2.75, 3.05) is 20.1 Å². The van der Waals surface area contributed by atoms with Gasteiger partial charge < -0.3 is 4.90 Å². The van der Waals surface area contributed by atoms with Crippen LogP contribution in [0.15, 0.2) is 24.3 Å². The second-order valence-corrected chi connectivity index (χ2v) is 3.99. The van der Waals surface area contributed by atoms with Gasteiger partial charge in [0.25, 0.3) is 0 Å². The van der Waals surface area contributed by atoms with Crippen LogP contribution in [0.3, 0.4) is 0 Å². The van der Waals surface area contributed by atoms with E-state index in [1.807, 2.05) is 7.05 Å². The summed E-state index contributed by atoms with van der Waals surface area (Å²) in [5.74, 6) is -0.352. The van der Waals surface area contributed by atoms with Crippen molar-refractivity contribution >= 4 is 5.78 Å². The normalized spacial score (nSPS) is 10.8. The number of ketones is 1. The fourth-order valence-electron chi connectivity index (χ4n) is 1.59. The molecule has 0 aromatic heterocycles. The second-order valence-electron chi connectivity index (χ2n) is 3.99. The predicted octanol–water partition coefficient (Wildman–Crippen LogP) is 2.74. The van der Waals surface area contributed by atoms with Gasteiger partial charge in [-0.3, -0.25) is 4.79 Å². The Morgan fingerprint density at radius 3 is 2.75 bits per heavy atom. The molecule has 0 aliphatic carbocycles. The highest BCUT2D eigenvalue weighted by molar-refractivity contribution is 5.96. The van der Waals surface area contributed by atoms with E-state index in [4.69, 9.17) is 0 Å². The summed E-state index contributed by atoms with van der Waals surface area (Å²) < 4.78 is 12.9. The molecule has 0 aliphatic rings. The van der Waals surface area contributed by atoms with Crippen molar-refractivity contribution in [3.05, 3.63) is 35.6 Å². The van der Waals surface area contributed by atoms with Crippen LogP contribution in [0.2, 0.25) is 0 Å². The maximum absolute atomic E-state index is 12.9. The zero-order valence-corrected chi connectivity index (χ0v) is 9.87. The zero-order chi connectivity index (χ0) is 12.0. The standard InChI is InChI=1S/C13H18FNO/c1-3-8-15(2)9-7-13(16)11-5-4-6-12(14)10-11/h4-6,10H,3,7-9H2,1-2H3. The van der Waals surface area contributed by atoms with Crippen LogP contribution in [-0.4, -0.2) is 30.8 Å². The van der Waals surface area contributed by atoms with Gasteiger partial charge in [-0.25, -0.2) is 4.39 Å². The van der Waals surface area contributed by atoms with Gasteiger partial charge in [-0.2, -0.15) is 0 Å². The number of Topliss-reactive ketones (excluding diaryl/α,β-unsaturated/α-hetero) is 1. The SMILES string of the molecule is CCCN(C)CCC(=O)c1cccc(F)c1. The summed E-state index contributed by atoms with van der Waals surface area (Å²) in [6.07, 6.45) is 1.52. The number of nitrogens with zero attached hydrogens (tertiary/aromatic N) is 1. The molecule has 0 N–H and O–H groups in total. The van der Waals surface area contributed by atoms with E-state index in [1.54, 1.807) is 12.1 Å². The van der Waals surface area contributed by atoms with Gasteiger partial charge in [0.2, 0.25) is 0 Å². The van der Waals surface area contributed by atoms with Gasteiger partial charge in [0.05, 0.1) is 0 Å². The minimum absolute atomic E-state index is 0.00227. The minimum Gasteiger partial charge on any atom is -0.306 e. The molecule has 0 radical (unpaired) electrons. The molecule has 0 atom stereocenters. The third-order valence-corrected chi connectivity index (χ3v) is 2.47. The van der Waals surface area contributed by atoms with Crippen molar-refractivity contribution < 1.29 is 9.18 Å². The fraction of sp³-hybridized carbons (Fsp3) is 0.462. The van der Waals surface area contributed by atoms with E-state index < -0.39 is 0 Å². The van der Waals surface area contributed by atoms with Crippen LogP contribution in [0.1, 0.15) is 30.1 Å². The molecule has 3 heteroatoms. The highest BCUT2D eigenvalue weighted by atomic mass is 19.1. The highest BCUT2D eigenvalue weighted by Gasteiger charge is 2.07. The van der Waals surface area contributed by atoms with Crippen LogP contribution < -0.4 is 0 Å². The van der Waals surface area contributed by atoms with E-state index in [1.165, 1.54) is 12.1 Å². The first-order valence-corrected chi connectivity index (χ1v) is 5.60. The molecule has 88 valence electrons. The van der Waals surface area contributed by atoms with E-state index in [0.29, 0.717) is 12.0 Å². The molecule has 1 aromatic carbocycles. The molecule has 0 heterocycles. The number of carbonyl (C=O) groups excluding carboxylic acids is 1. The lowest BCUT2D eigenvalue weighted by molar-refractivity contribution is 0.0968. The zero-order valence-electron chi connectivity index (χ0n) is 9.87. The van der Waals surface area contributed by atoms with Crippen LogP contribution in [-0.2, 0) is 0 Å². The Bertz CT molecular complexity index is 352. The van der Waals surface area contributed by atoms with Gasteiger partial charge in [-0.05, 0) is 32.1 Å². The summed E-state index contributed by atoms with van der Waals surface area (Å²) in [5.41, 5.74) is 0.463. The van der Waals surface area contributed by atoms with Crippen molar-refractivity contribution in [3.8, 4) is 0 Å². The largest absolute Gasteiger partial charge is 0.306 e. The van der Waals surface area contributed by atoms with Crippen molar-refractivity contribution in [1.29, 1.82) is 0 Å². The van der Waals surface area contributed by atoms with Crippen LogP contribution in [0.25, 0.3) is 0 Å². The Morgan fingerprint density at radius 2 is 2.12 bits per heavy atom. The van der Waals surface area contributed by atoms with E-state index in [2.05, 4.69) is 11.8 Å². The Kier molecular flexibility index (Phi) is 5.12. The molecule has 0 aliphatic heterocycles. The molecule has 0 saturated heterocycles. The molecule has 0 unspecified atom stereocenters. The van der Waals surface area contributed by atoms with E-state index >= 15 is 0 Å². The second kappa shape index (κ2) is 6.38. The lowest BCUT2D eigenvalue weighted by Crippen LogP contribution is -2.22. The predicted molar refractivity (Wildman–Crippen MR) is 63.1 cm³/mol. The first kappa shape index (κ1) is 12.8. The Hall–Kier alpha value is -1.22. The van der Waals surface area contributed by atoms with Gasteiger partial charge in [0.1, 0.15) is 5.82 Å². The number of benzene rings is 1. The van der Waals surface area contributed by atoms with Crippen LogP contribution in [0, 0.1) is 5.82 Å². The third-order valence-electron chi connectivity index (χ3n) is 2.47. The Labute approximate surface area is 96.1 Å². The molecule has 0 fully saturated rings. The summed E-state index contributed by atoms with van der Waals surface area (Å²) >= 11 is 0. The number of hydrogen-bond donors (Lipinski definition) is 0. The van der Waals surface area contributed by atoms with E-state index in [-0.39, 0.29) is 11.6 Å². The average Bonchev–Trinajstić information content (AvgIpc) is 2.26. The summed E-state index contributed by atoms with van der Waals surface area (Å²) in [6, 6.07) is 5.87. The molecule has 2 nitrogen and oxygen atoms in total. The van der Waals surface area contributed by atoms with Gasteiger partial charge in [-0.15, -0.1) is 0 Å². The van der Waals surface area contributed by atoms with Gasteiger partial charge >= 0.3 is 0 Å². The monoisotopic (exact) mass is 223 g/mol. The summed E-state index contributed by atoms with van der Waals surface area (Å²) in [6.45, 7) is 3.81. The van der Waals surface area contributed by atoms with Crippen molar-refractivity contribution in [3.63, 3.8) is 0 Å². The van der Waals surface area contributed by atoms with Crippen LogP contribution in [0.4, 0.5) is 4.39 Å². The molecular formula is C13H18FNO. The highest BCUT2D eigenvalue weighted by Crippen LogP contribution is 2.06. The van der Waals surface area contributed by atoms with Gasteiger partial charge in [0, 0.05) is 18.5 Å². The minimum atomic E-state index is -0.354. The Morgan fingerprint density at radius 1 is 1.38 bits per heavy atom. The van der Waals surface area contributed by atoms with Crippen molar-refractivity contribution in [1.82, 2.24) is 4.90 Å². The summed E-state index contributed by atoms with van der Waals surface area (Å²) in [7, 11) is 1.99. The Balaban J connectivity index is 2.47. The first-order chi connectivity index (χ1) is 7.63. The topological polar surface area (TPSA) is 20.3 Å². The maximum atomic E-state index is 12.9. The fourth-order valence-corrected chi connectivity index (χ4v) is 1.59. The molecule has 1 rings (SSSR count). The van der Waals surface area contributed by atoms with Gasteiger partial charge in [-0.1, -0.05) is 19.1 Å². The first-order valence-electron chi connectivity index (χ1n) is 5.60. The smallest absolute Gasteiger partial charge is 0.164 e. The van der Waals surface area contributed by atoms with E-state index in [0.717, 1.165) is 19.5 Å². The number of carbonyl (C=O) groups is 1. The molecule has 0 spiro atoms. The molecule has 16 heavy (non-hydrogen) atoms. The maximum Gasteiger partial charge on any atom is 0.164 e.